The number of nitrogens with zero attached hydrogens (tertiary/aromatic N) is 2. The number of rotatable bonds is 1. The molecular formula is C17H21N3O. The Morgan fingerprint density at radius 2 is 2.10 bits per heavy atom. The van der Waals surface area contributed by atoms with Crippen LogP contribution in [0, 0.1) is 0 Å². The van der Waals surface area contributed by atoms with Gasteiger partial charge in [-0.25, -0.2) is 0 Å². The van der Waals surface area contributed by atoms with E-state index in [4.69, 9.17) is 10.5 Å². The van der Waals surface area contributed by atoms with Gasteiger partial charge in [-0.05, 0) is 37.1 Å². The molecule has 1 aliphatic carbocycles. The molecule has 0 radical (unpaired) electrons. The van der Waals surface area contributed by atoms with Crippen LogP contribution in [0.15, 0.2) is 30.5 Å². The first kappa shape index (κ1) is 12.9. The number of hydrogen-bond acceptors (Lipinski definition) is 4. The van der Waals surface area contributed by atoms with E-state index in [1.165, 1.54) is 36.8 Å². The maximum Gasteiger partial charge on any atom is 0.0779 e. The highest BCUT2D eigenvalue weighted by atomic mass is 16.5. The number of morpholine rings is 1. The molecule has 110 valence electrons. The van der Waals surface area contributed by atoms with Gasteiger partial charge in [0.2, 0.25) is 0 Å². The molecule has 2 atom stereocenters. The molecule has 2 fully saturated rings. The highest BCUT2D eigenvalue weighted by molar-refractivity contribution is 5.93. The quantitative estimate of drug-likeness (QED) is 0.818. The zero-order chi connectivity index (χ0) is 14.2. The molecule has 1 aromatic heterocycles. The largest absolute Gasteiger partial charge is 0.399 e. The van der Waals surface area contributed by atoms with Crippen molar-refractivity contribution in [3.8, 4) is 0 Å². The van der Waals surface area contributed by atoms with Gasteiger partial charge in [0.15, 0.2) is 0 Å². The lowest BCUT2D eigenvalue weighted by atomic mass is 9.89. The van der Waals surface area contributed by atoms with E-state index in [-0.39, 0.29) is 0 Å². The summed E-state index contributed by atoms with van der Waals surface area (Å²) in [7, 11) is 0. The van der Waals surface area contributed by atoms with Crippen molar-refractivity contribution in [2.45, 2.75) is 37.8 Å². The molecular weight excluding hydrogens is 262 g/mol. The Balaban J connectivity index is 1.78. The van der Waals surface area contributed by atoms with Gasteiger partial charge in [0.25, 0.3) is 0 Å². The van der Waals surface area contributed by atoms with Crippen molar-refractivity contribution < 1.29 is 4.74 Å². The number of anilines is 2. The van der Waals surface area contributed by atoms with E-state index in [2.05, 4.69) is 22.0 Å². The summed E-state index contributed by atoms with van der Waals surface area (Å²) in [6.07, 6.45) is 7.30. The molecule has 0 amide bonds. The summed E-state index contributed by atoms with van der Waals surface area (Å²) in [6.45, 7) is 1.78. The van der Waals surface area contributed by atoms with E-state index < -0.39 is 0 Å². The molecule has 1 saturated heterocycles. The minimum atomic E-state index is 0.393. The van der Waals surface area contributed by atoms with Crippen molar-refractivity contribution in [3.05, 3.63) is 30.5 Å². The fraction of sp³-hybridized carbons (Fsp3) is 0.471. The second-order valence-electron chi connectivity index (χ2n) is 6.06. The molecule has 0 bridgehead atoms. The second-order valence-corrected chi connectivity index (χ2v) is 6.06. The lowest BCUT2D eigenvalue weighted by molar-refractivity contribution is -0.00857. The monoisotopic (exact) mass is 283 g/mol. The van der Waals surface area contributed by atoms with Gasteiger partial charge in [0, 0.05) is 29.5 Å². The Bertz CT molecular complexity index is 656. The number of nitrogens with two attached hydrogens (primary N) is 1. The van der Waals surface area contributed by atoms with Crippen LogP contribution in [-0.4, -0.2) is 30.3 Å². The van der Waals surface area contributed by atoms with Crippen molar-refractivity contribution in [2.24, 2.45) is 0 Å². The molecule has 4 heteroatoms. The minimum Gasteiger partial charge on any atom is -0.399 e. The number of ether oxygens (including phenoxy) is 1. The number of benzene rings is 1. The molecule has 2 unspecified atom stereocenters. The number of fused-ring (bicyclic) bond motifs is 2. The molecule has 2 aromatic rings. The Kier molecular flexibility index (Phi) is 3.19. The first-order valence-corrected chi connectivity index (χ1v) is 7.85. The Hall–Kier alpha value is -1.81. The summed E-state index contributed by atoms with van der Waals surface area (Å²) < 4.78 is 5.99. The molecule has 4 rings (SSSR count). The Morgan fingerprint density at radius 1 is 1.19 bits per heavy atom. The summed E-state index contributed by atoms with van der Waals surface area (Å²) in [5.74, 6) is 0. The number of nitrogen functional groups attached to an aromatic ring is 1. The molecule has 4 nitrogen and oxygen atoms in total. The lowest BCUT2D eigenvalue weighted by Crippen LogP contribution is -2.52. The topological polar surface area (TPSA) is 51.4 Å². The fourth-order valence-electron chi connectivity index (χ4n) is 3.80. The van der Waals surface area contributed by atoms with E-state index in [0.29, 0.717) is 12.1 Å². The van der Waals surface area contributed by atoms with E-state index >= 15 is 0 Å². The third-order valence-corrected chi connectivity index (χ3v) is 4.79. The molecule has 1 aromatic carbocycles. The van der Waals surface area contributed by atoms with Gasteiger partial charge in [-0.2, -0.15) is 0 Å². The van der Waals surface area contributed by atoms with Gasteiger partial charge in [-0.15, -0.1) is 0 Å². The van der Waals surface area contributed by atoms with Gasteiger partial charge in [0.1, 0.15) is 0 Å². The molecule has 1 aliphatic heterocycles. The van der Waals surface area contributed by atoms with Gasteiger partial charge in [-0.3, -0.25) is 4.98 Å². The molecule has 21 heavy (non-hydrogen) atoms. The van der Waals surface area contributed by atoms with Crippen molar-refractivity contribution in [1.29, 1.82) is 0 Å². The van der Waals surface area contributed by atoms with Crippen LogP contribution in [0.1, 0.15) is 25.7 Å². The highest BCUT2D eigenvalue weighted by Crippen LogP contribution is 2.35. The van der Waals surface area contributed by atoms with Crippen LogP contribution in [0.4, 0.5) is 11.4 Å². The SMILES string of the molecule is Nc1ccc2c(N3CCOC4CCCCC43)ccnc2c1. The fourth-order valence-corrected chi connectivity index (χ4v) is 3.80. The zero-order valence-electron chi connectivity index (χ0n) is 12.2. The summed E-state index contributed by atoms with van der Waals surface area (Å²) in [6, 6.07) is 8.66. The summed E-state index contributed by atoms with van der Waals surface area (Å²) in [4.78, 5) is 7.00. The minimum absolute atomic E-state index is 0.393. The van der Waals surface area contributed by atoms with Crippen LogP contribution in [0.5, 0.6) is 0 Å². The van der Waals surface area contributed by atoms with Crippen molar-refractivity contribution in [1.82, 2.24) is 4.98 Å². The first-order chi connectivity index (χ1) is 10.3. The normalized spacial score (nSPS) is 25.8. The predicted octanol–water partition coefficient (Wildman–Crippen LogP) is 2.96. The molecule has 2 aliphatic rings. The van der Waals surface area contributed by atoms with Crippen LogP contribution >= 0.6 is 0 Å². The first-order valence-electron chi connectivity index (χ1n) is 7.85. The number of hydrogen-bond donors (Lipinski definition) is 1. The van der Waals surface area contributed by atoms with Crippen LogP contribution in [0.3, 0.4) is 0 Å². The predicted molar refractivity (Wildman–Crippen MR) is 85.5 cm³/mol. The van der Waals surface area contributed by atoms with Gasteiger partial charge < -0.3 is 15.4 Å². The van der Waals surface area contributed by atoms with Crippen LogP contribution < -0.4 is 10.6 Å². The average Bonchev–Trinajstić information content (AvgIpc) is 2.53. The molecule has 2 heterocycles. The third kappa shape index (κ3) is 2.23. The standard InChI is InChI=1S/C17H21N3O/c18-12-5-6-13-14(11-12)19-8-7-15(13)20-9-10-21-17-4-2-1-3-16(17)20/h5-8,11,16-17H,1-4,9-10,18H2. The molecule has 1 saturated carbocycles. The van der Waals surface area contributed by atoms with Crippen molar-refractivity contribution in [2.75, 3.05) is 23.8 Å². The van der Waals surface area contributed by atoms with E-state index in [9.17, 15) is 0 Å². The van der Waals surface area contributed by atoms with Gasteiger partial charge >= 0.3 is 0 Å². The van der Waals surface area contributed by atoms with E-state index in [1.807, 2.05) is 18.3 Å². The van der Waals surface area contributed by atoms with Gasteiger partial charge in [0.05, 0.1) is 24.3 Å². The highest BCUT2D eigenvalue weighted by Gasteiger charge is 2.34. The maximum atomic E-state index is 5.99. The Morgan fingerprint density at radius 3 is 3.05 bits per heavy atom. The third-order valence-electron chi connectivity index (χ3n) is 4.79. The van der Waals surface area contributed by atoms with Gasteiger partial charge in [-0.1, -0.05) is 12.8 Å². The second kappa shape index (κ2) is 5.19. The smallest absolute Gasteiger partial charge is 0.0779 e. The zero-order valence-corrected chi connectivity index (χ0v) is 12.2. The summed E-state index contributed by atoms with van der Waals surface area (Å²) in [5.41, 5.74) is 8.91. The van der Waals surface area contributed by atoms with Crippen molar-refractivity contribution >= 4 is 22.3 Å². The molecule has 0 spiro atoms. The Labute approximate surface area is 124 Å². The maximum absolute atomic E-state index is 5.99. The van der Waals surface area contributed by atoms with Crippen molar-refractivity contribution in [3.63, 3.8) is 0 Å². The van der Waals surface area contributed by atoms with Crippen LogP contribution in [0.2, 0.25) is 0 Å². The van der Waals surface area contributed by atoms with E-state index in [1.54, 1.807) is 0 Å². The lowest BCUT2D eigenvalue weighted by Gasteiger charge is -2.45. The number of pyridine rings is 1. The van der Waals surface area contributed by atoms with Crippen LogP contribution in [0.25, 0.3) is 10.9 Å². The average molecular weight is 283 g/mol. The molecule has 2 N–H and O–H groups in total. The summed E-state index contributed by atoms with van der Waals surface area (Å²) >= 11 is 0. The van der Waals surface area contributed by atoms with Crippen LogP contribution in [-0.2, 0) is 4.74 Å². The summed E-state index contributed by atoms with van der Waals surface area (Å²) in [5, 5.41) is 1.19. The van der Waals surface area contributed by atoms with E-state index in [0.717, 1.165) is 24.4 Å². The number of aromatic nitrogens is 1.